The summed E-state index contributed by atoms with van der Waals surface area (Å²) in [4.78, 5) is 24.8. The lowest BCUT2D eigenvalue weighted by Crippen LogP contribution is -2.14. The Labute approximate surface area is 193 Å². The second-order valence-corrected chi connectivity index (χ2v) is 10.2. The Bertz CT molecular complexity index is 1040. The summed E-state index contributed by atoms with van der Waals surface area (Å²) in [5, 5.41) is 9.82. The molecule has 6 heteroatoms. The molecule has 2 aromatic rings. The number of hydrogen-bond donors (Lipinski definition) is 0. The van der Waals surface area contributed by atoms with Crippen LogP contribution in [0.1, 0.15) is 39.4 Å². The van der Waals surface area contributed by atoms with Gasteiger partial charge in [0, 0.05) is 10.8 Å². The Morgan fingerprint density at radius 2 is 1.78 bits per heavy atom. The van der Waals surface area contributed by atoms with Gasteiger partial charge in [0.05, 0.1) is 5.92 Å². The lowest BCUT2D eigenvalue weighted by Gasteiger charge is -2.13. The number of carbonyl (C=O) groups excluding carboxylic acids is 2. The van der Waals surface area contributed by atoms with Gasteiger partial charge < -0.3 is 9.47 Å². The molecule has 0 N–H and O–H groups in total. The van der Waals surface area contributed by atoms with E-state index in [0.29, 0.717) is 17.1 Å². The molecule has 32 heavy (non-hydrogen) atoms. The first-order valence-electron chi connectivity index (χ1n) is 10.5. The van der Waals surface area contributed by atoms with Crippen molar-refractivity contribution in [3.63, 3.8) is 0 Å². The maximum Gasteiger partial charge on any atom is 0.311 e. The number of rotatable bonds is 8. The fraction of sp³-hybridized carbons (Fsp3) is 0.346. The minimum atomic E-state index is -1.04. The van der Waals surface area contributed by atoms with E-state index in [4.69, 9.17) is 9.47 Å². The smallest absolute Gasteiger partial charge is 0.311 e. The van der Waals surface area contributed by atoms with Crippen LogP contribution in [0.25, 0.3) is 0 Å². The zero-order valence-electron chi connectivity index (χ0n) is 18.6. The maximum atomic E-state index is 12.8. The van der Waals surface area contributed by atoms with Gasteiger partial charge >= 0.3 is 5.97 Å². The van der Waals surface area contributed by atoms with Crippen molar-refractivity contribution >= 4 is 22.8 Å². The van der Waals surface area contributed by atoms with Crippen LogP contribution in [0.2, 0.25) is 0 Å². The van der Waals surface area contributed by atoms with Crippen LogP contribution in [0.15, 0.2) is 66.7 Å². The molecule has 166 valence electrons. The van der Waals surface area contributed by atoms with Crippen molar-refractivity contribution < 1.29 is 19.1 Å². The fourth-order valence-corrected chi connectivity index (χ4v) is 4.29. The van der Waals surface area contributed by atoms with E-state index in [-0.39, 0.29) is 21.7 Å². The second kappa shape index (κ2) is 10.1. The van der Waals surface area contributed by atoms with Crippen molar-refractivity contribution in [2.75, 3.05) is 0 Å². The number of para-hydroxylation sites is 1. The van der Waals surface area contributed by atoms with Crippen LogP contribution in [0.3, 0.4) is 0 Å². The van der Waals surface area contributed by atoms with Crippen molar-refractivity contribution in [2.45, 2.75) is 39.0 Å². The first-order chi connectivity index (χ1) is 15.2. The summed E-state index contributed by atoms with van der Waals surface area (Å²) in [5.41, 5.74) is 0.220. The van der Waals surface area contributed by atoms with Crippen molar-refractivity contribution in [2.24, 2.45) is 17.3 Å². The Morgan fingerprint density at radius 1 is 1.09 bits per heavy atom. The van der Waals surface area contributed by atoms with Gasteiger partial charge in [-0.05, 0) is 41.7 Å². The molecule has 0 amide bonds. The number of allylic oxidation sites excluding steroid dienone is 1. The third-order valence-corrected chi connectivity index (χ3v) is 6.29. The molecule has 0 aromatic heterocycles. The molecule has 0 aliphatic heterocycles. The Kier molecular flexibility index (Phi) is 7.42. The van der Waals surface area contributed by atoms with Gasteiger partial charge in [-0.15, -0.1) is 0 Å². The predicted molar refractivity (Wildman–Crippen MR) is 125 cm³/mol. The fourth-order valence-electron chi connectivity index (χ4n) is 3.66. The molecule has 5 nitrogen and oxygen atoms in total. The van der Waals surface area contributed by atoms with Crippen LogP contribution in [0.4, 0.5) is 0 Å². The Morgan fingerprint density at radius 3 is 2.44 bits per heavy atom. The van der Waals surface area contributed by atoms with E-state index in [1.807, 2.05) is 58.0 Å². The molecule has 3 rings (SSSR count). The monoisotopic (exact) mass is 449 g/mol. The van der Waals surface area contributed by atoms with Gasteiger partial charge in [0.15, 0.2) is 0 Å². The van der Waals surface area contributed by atoms with E-state index in [2.05, 4.69) is 6.07 Å². The molecule has 1 unspecified atom stereocenters. The van der Waals surface area contributed by atoms with Crippen LogP contribution in [-0.4, -0.2) is 16.3 Å². The average molecular weight is 450 g/mol. The van der Waals surface area contributed by atoms with Gasteiger partial charge in [0.25, 0.3) is 0 Å². The molecule has 0 saturated heterocycles. The van der Waals surface area contributed by atoms with Crippen molar-refractivity contribution in [1.29, 1.82) is 5.26 Å². The number of benzene rings is 2. The molecule has 3 atom stereocenters. The summed E-state index contributed by atoms with van der Waals surface area (Å²) in [5.74, 6) is 0.303. The van der Waals surface area contributed by atoms with Gasteiger partial charge in [-0.25, -0.2) is 0 Å². The van der Waals surface area contributed by atoms with Crippen molar-refractivity contribution in [1.82, 2.24) is 0 Å². The van der Waals surface area contributed by atoms with Crippen molar-refractivity contribution in [3.05, 3.63) is 72.3 Å². The molecule has 0 bridgehead atoms. The number of hydrogen-bond acceptors (Lipinski definition) is 6. The molecule has 1 aliphatic rings. The molecule has 0 spiro atoms. The SMILES string of the molecule is CC(C)SC(=O)C=C[C@H]1[C@@H](C(=O)OC(C#N)c2cccc(Oc3ccccc3)c2)C1(C)C. The lowest BCUT2D eigenvalue weighted by atomic mass is 10.1. The van der Waals surface area contributed by atoms with E-state index in [9.17, 15) is 14.9 Å². The number of ether oxygens (including phenoxy) is 2. The van der Waals surface area contributed by atoms with Crippen LogP contribution in [-0.2, 0) is 14.3 Å². The molecular formula is C26H27NO4S. The van der Waals surface area contributed by atoms with E-state index >= 15 is 0 Å². The number of esters is 1. The molecule has 0 heterocycles. The molecule has 2 aromatic carbocycles. The van der Waals surface area contributed by atoms with Gasteiger partial charge in [0.2, 0.25) is 11.2 Å². The minimum Gasteiger partial charge on any atom is -0.457 e. The first kappa shape index (κ1) is 23.6. The van der Waals surface area contributed by atoms with Gasteiger partial charge in [-0.1, -0.05) is 75.9 Å². The third-order valence-electron chi connectivity index (χ3n) is 5.45. The topological polar surface area (TPSA) is 76.4 Å². The highest BCUT2D eigenvalue weighted by molar-refractivity contribution is 8.14. The zero-order chi connectivity index (χ0) is 23.3. The van der Waals surface area contributed by atoms with E-state index in [1.165, 1.54) is 17.8 Å². The van der Waals surface area contributed by atoms with Crippen LogP contribution in [0, 0.1) is 28.6 Å². The van der Waals surface area contributed by atoms with Gasteiger partial charge in [0.1, 0.15) is 17.6 Å². The summed E-state index contributed by atoms with van der Waals surface area (Å²) in [6, 6.07) is 18.3. The van der Waals surface area contributed by atoms with Gasteiger partial charge in [-0.2, -0.15) is 5.26 Å². The highest BCUT2D eigenvalue weighted by Crippen LogP contribution is 2.59. The minimum absolute atomic E-state index is 0.0278. The van der Waals surface area contributed by atoms with E-state index < -0.39 is 18.0 Å². The molecule has 1 aliphatic carbocycles. The largest absolute Gasteiger partial charge is 0.457 e. The van der Waals surface area contributed by atoms with Crippen LogP contribution in [0.5, 0.6) is 11.5 Å². The Hall–Kier alpha value is -3.04. The zero-order valence-corrected chi connectivity index (χ0v) is 19.5. The average Bonchev–Trinajstić information content (AvgIpc) is 3.31. The second-order valence-electron chi connectivity index (χ2n) is 8.60. The molecule has 1 saturated carbocycles. The molecule has 0 radical (unpaired) electrons. The van der Waals surface area contributed by atoms with E-state index in [0.717, 1.165) is 0 Å². The summed E-state index contributed by atoms with van der Waals surface area (Å²) in [6.45, 7) is 7.84. The van der Waals surface area contributed by atoms with Crippen molar-refractivity contribution in [3.8, 4) is 17.6 Å². The summed E-state index contributed by atoms with van der Waals surface area (Å²) in [7, 11) is 0. The highest BCUT2D eigenvalue weighted by atomic mass is 32.2. The van der Waals surface area contributed by atoms with Crippen LogP contribution < -0.4 is 4.74 Å². The number of nitriles is 1. The number of carbonyl (C=O) groups is 2. The standard InChI is InChI=1S/C26H27NO4S/c1-17(2)32-23(28)14-13-21-24(26(21,3)4)25(29)31-22(16-27)18-9-8-12-20(15-18)30-19-10-6-5-7-11-19/h5-15,17,21-22,24H,1-4H3/t21-,22?,24-/m0/s1. The van der Waals surface area contributed by atoms with Crippen LogP contribution >= 0.6 is 11.8 Å². The Balaban J connectivity index is 1.66. The first-order valence-corrected chi connectivity index (χ1v) is 11.4. The normalized spacial score (nSPS) is 19.9. The maximum absolute atomic E-state index is 12.8. The van der Waals surface area contributed by atoms with E-state index in [1.54, 1.807) is 30.3 Å². The molecule has 1 fully saturated rings. The third kappa shape index (κ3) is 5.80. The molecular weight excluding hydrogens is 422 g/mol. The quantitative estimate of drug-likeness (QED) is 0.359. The summed E-state index contributed by atoms with van der Waals surface area (Å²) < 4.78 is 11.4. The predicted octanol–water partition coefficient (Wildman–Crippen LogP) is 6.08. The number of nitrogens with zero attached hydrogens (tertiary/aromatic N) is 1. The summed E-state index contributed by atoms with van der Waals surface area (Å²) in [6.07, 6.45) is 2.29. The van der Waals surface area contributed by atoms with Gasteiger partial charge in [-0.3, -0.25) is 9.59 Å². The highest BCUT2D eigenvalue weighted by Gasteiger charge is 2.61. The summed E-state index contributed by atoms with van der Waals surface area (Å²) >= 11 is 1.25. The number of thioether (sulfide) groups is 1. The lowest BCUT2D eigenvalue weighted by molar-refractivity contribution is -0.149.